The van der Waals surface area contributed by atoms with Crippen molar-refractivity contribution in [3.8, 4) is 11.4 Å². The molecule has 6 nitrogen and oxygen atoms in total. The summed E-state index contributed by atoms with van der Waals surface area (Å²) in [5.41, 5.74) is 3.31. The van der Waals surface area contributed by atoms with Crippen molar-refractivity contribution < 1.29 is 9.53 Å². The number of hydrogen-bond donors (Lipinski definition) is 0. The molecule has 170 valence electrons. The number of fused-ring (bicyclic) bond motifs is 2. The Morgan fingerprint density at radius 2 is 1.79 bits per heavy atom. The fourth-order valence-corrected chi connectivity index (χ4v) is 4.76. The van der Waals surface area contributed by atoms with Crippen LogP contribution in [-0.4, -0.2) is 29.1 Å². The first kappa shape index (κ1) is 22.3. The van der Waals surface area contributed by atoms with Crippen molar-refractivity contribution in [3.63, 3.8) is 0 Å². The van der Waals surface area contributed by atoms with Crippen molar-refractivity contribution >= 4 is 56.7 Å². The largest absolute Gasteiger partial charge is 0.497 e. The van der Waals surface area contributed by atoms with E-state index in [2.05, 4.69) is 22.6 Å². The van der Waals surface area contributed by atoms with E-state index in [1.54, 1.807) is 34.8 Å². The zero-order valence-corrected chi connectivity index (χ0v) is 20.9. The van der Waals surface area contributed by atoms with Crippen LogP contribution in [0.1, 0.15) is 24.7 Å². The molecule has 0 fully saturated rings. The molecule has 0 radical (unpaired) electrons. The maximum atomic E-state index is 13.7. The lowest BCUT2D eigenvalue weighted by molar-refractivity contribution is -0.113. The number of para-hydroxylation sites is 1. The first-order valence-corrected chi connectivity index (χ1v) is 12.1. The lowest BCUT2D eigenvalue weighted by Crippen LogP contribution is -2.27. The second-order valence-electron chi connectivity index (χ2n) is 8.00. The molecule has 0 saturated heterocycles. The van der Waals surface area contributed by atoms with Gasteiger partial charge in [-0.2, -0.15) is 0 Å². The standard InChI is InChI=1S/C27H22IN3O3/c1-3-14-30-24-7-5-4-6-20(24)21(26(30)32)16-25-29-23-13-8-17(28)15-22(23)27(33)31(25)18-9-11-19(34-2)12-10-18/h4-13,15-16H,3,14H2,1-2H3. The van der Waals surface area contributed by atoms with Crippen LogP contribution in [0, 0.1) is 3.57 Å². The molecule has 7 heteroatoms. The van der Waals surface area contributed by atoms with Crippen LogP contribution in [0.4, 0.5) is 5.69 Å². The van der Waals surface area contributed by atoms with Crippen LogP contribution in [0.5, 0.6) is 5.75 Å². The quantitative estimate of drug-likeness (QED) is 0.245. The van der Waals surface area contributed by atoms with Gasteiger partial charge in [-0.05, 0) is 83.6 Å². The van der Waals surface area contributed by atoms with Gasteiger partial charge in [-0.1, -0.05) is 25.1 Å². The summed E-state index contributed by atoms with van der Waals surface area (Å²) in [5.74, 6) is 1.01. The molecule has 1 aliphatic heterocycles. The SMILES string of the molecule is CCCN1C(=O)C(=Cc2nc3ccc(I)cc3c(=O)n2-c2ccc(OC)cc2)c2ccccc21. The minimum absolute atomic E-state index is 0.0821. The Kier molecular flexibility index (Phi) is 5.95. The van der Waals surface area contributed by atoms with E-state index in [4.69, 9.17) is 9.72 Å². The van der Waals surface area contributed by atoms with Crippen molar-refractivity contribution in [2.45, 2.75) is 13.3 Å². The molecule has 1 aliphatic rings. The Bertz CT molecular complexity index is 1510. The maximum absolute atomic E-state index is 13.7. The van der Waals surface area contributed by atoms with E-state index in [0.29, 0.717) is 40.3 Å². The highest BCUT2D eigenvalue weighted by Gasteiger charge is 2.32. The van der Waals surface area contributed by atoms with Gasteiger partial charge in [0.25, 0.3) is 11.5 Å². The van der Waals surface area contributed by atoms with Crippen LogP contribution in [0.2, 0.25) is 0 Å². The molecule has 3 aromatic carbocycles. The predicted molar refractivity (Wildman–Crippen MR) is 144 cm³/mol. The van der Waals surface area contributed by atoms with Gasteiger partial charge in [-0.3, -0.25) is 14.2 Å². The molecule has 0 aliphatic carbocycles. The van der Waals surface area contributed by atoms with Gasteiger partial charge in [0.05, 0.1) is 35.0 Å². The van der Waals surface area contributed by atoms with Gasteiger partial charge in [0.2, 0.25) is 0 Å². The molecule has 0 N–H and O–H groups in total. The average molecular weight is 563 g/mol. The number of aromatic nitrogens is 2. The lowest BCUT2D eigenvalue weighted by atomic mass is 10.1. The zero-order chi connectivity index (χ0) is 23.8. The van der Waals surface area contributed by atoms with Gasteiger partial charge < -0.3 is 9.64 Å². The van der Waals surface area contributed by atoms with Crippen molar-refractivity contribution in [1.29, 1.82) is 0 Å². The van der Waals surface area contributed by atoms with E-state index in [9.17, 15) is 9.59 Å². The summed E-state index contributed by atoms with van der Waals surface area (Å²) < 4.78 is 7.79. The van der Waals surface area contributed by atoms with Crippen LogP contribution in [0.25, 0.3) is 28.2 Å². The number of anilines is 1. The van der Waals surface area contributed by atoms with E-state index in [-0.39, 0.29) is 11.5 Å². The first-order valence-electron chi connectivity index (χ1n) is 11.0. The molecule has 4 aromatic rings. The first-order chi connectivity index (χ1) is 16.5. The Balaban J connectivity index is 1.78. The number of ether oxygens (including phenoxy) is 1. The highest BCUT2D eigenvalue weighted by Crippen LogP contribution is 2.37. The van der Waals surface area contributed by atoms with Crippen molar-refractivity contribution in [3.05, 3.63) is 92.0 Å². The van der Waals surface area contributed by atoms with Gasteiger partial charge in [-0.25, -0.2) is 4.98 Å². The molecule has 34 heavy (non-hydrogen) atoms. The van der Waals surface area contributed by atoms with E-state index in [0.717, 1.165) is 21.2 Å². The van der Waals surface area contributed by atoms with Gasteiger partial charge in [0, 0.05) is 15.7 Å². The second kappa shape index (κ2) is 9.06. The Labute approximate surface area is 210 Å². The van der Waals surface area contributed by atoms with E-state index >= 15 is 0 Å². The number of rotatable bonds is 5. The Morgan fingerprint density at radius 1 is 1.03 bits per heavy atom. The molecule has 0 saturated carbocycles. The van der Waals surface area contributed by atoms with E-state index in [1.165, 1.54) is 0 Å². The van der Waals surface area contributed by atoms with Gasteiger partial charge in [0.1, 0.15) is 11.6 Å². The van der Waals surface area contributed by atoms with Crippen molar-refractivity contribution in [1.82, 2.24) is 9.55 Å². The molecule has 0 spiro atoms. The molecule has 0 bridgehead atoms. The zero-order valence-electron chi connectivity index (χ0n) is 18.8. The lowest BCUT2D eigenvalue weighted by Gasteiger charge is -2.15. The molecular formula is C27H22IN3O3. The number of hydrogen-bond acceptors (Lipinski definition) is 4. The summed E-state index contributed by atoms with van der Waals surface area (Å²) in [6.45, 7) is 2.67. The van der Waals surface area contributed by atoms with Crippen LogP contribution < -0.4 is 15.2 Å². The number of carbonyl (C=O) groups excluding carboxylic acids is 1. The van der Waals surface area contributed by atoms with Gasteiger partial charge in [0.15, 0.2) is 0 Å². The third-order valence-electron chi connectivity index (χ3n) is 5.87. The number of amides is 1. The Morgan fingerprint density at radius 3 is 2.53 bits per heavy atom. The molecule has 1 amide bonds. The fourth-order valence-electron chi connectivity index (χ4n) is 4.27. The summed E-state index contributed by atoms with van der Waals surface area (Å²) >= 11 is 2.19. The number of carbonyl (C=O) groups is 1. The predicted octanol–water partition coefficient (Wildman–Crippen LogP) is 5.30. The third-order valence-corrected chi connectivity index (χ3v) is 6.54. The minimum Gasteiger partial charge on any atom is -0.497 e. The second-order valence-corrected chi connectivity index (χ2v) is 9.25. The maximum Gasteiger partial charge on any atom is 0.266 e. The summed E-state index contributed by atoms with van der Waals surface area (Å²) in [7, 11) is 1.60. The molecule has 0 atom stereocenters. The minimum atomic E-state index is -0.190. The highest BCUT2D eigenvalue weighted by atomic mass is 127. The van der Waals surface area contributed by atoms with Crippen molar-refractivity contribution in [2.75, 3.05) is 18.6 Å². The smallest absolute Gasteiger partial charge is 0.266 e. The van der Waals surface area contributed by atoms with Crippen molar-refractivity contribution in [2.24, 2.45) is 0 Å². The summed E-state index contributed by atoms with van der Waals surface area (Å²) in [6, 6.07) is 20.6. The summed E-state index contributed by atoms with van der Waals surface area (Å²) in [6.07, 6.45) is 2.58. The van der Waals surface area contributed by atoms with Gasteiger partial charge in [-0.15, -0.1) is 0 Å². The summed E-state index contributed by atoms with van der Waals surface area (Å²) in [5, 5.41) is 0.524. The van der Waals surface area contributed by atoms with E-state index in [1.807, 2.05) is 61.5 Å². The number of methoxy groups -OCH3 is 1. The summed E-state index contributed by atoms with van der Waals surface area (Å²) in [4.78, 5) is 33.7. The molecule has 1 aromatic heterocycles. The van der Waals surface area contributed by atoms with Crippen LogP contribution in [-0.2, 0) is 4.79 Å². The Hall–Kier alpha value is -3.46. The number of benzene rings is 3. The molecule has 0 unspecified atom stereocenters. The van der Waals surface area contributed by atoms with Crippen LogP contribution in [0.15, 0.2) is 71.5 Å². The van der Waals surface area contributed by atoms with Gasteiger partial charge >= 0.3 is 0 Å². The molecular weight excluding hydrogens is 541 g/mol. The number of halogens is 1. The number of nitrogens with zero attached hydrogens (tertiary/aromatic N) is 3. The normalized spacial score (nSPS) is 14.1. The monoisotopic (exact) mass is 563 g/mol. The fraction of sp³-hybridized carbons (Fsp3) is 0.148. The molecule has 5 rings (SSSR count). The van der Waals surface area contributed by atoms with Crippen LogP contribution >= 0.6 is 22.6 Å². The third kappa shape index (κ3) is 3.79. The highest BCUT2D eigenvalue weighted by molar-refractivity contribution is 14.1. The average Bonchev–Trinajstić information content (AvgIpc) is 3.11. The van der Waals surface area contributed by atoms with E-state index < -0.39 is 0 Å². The molecule has 2 heterocycles. The topological polar surface area (TPSA) is 64.4 Å². The van der Waals surface area contributed by atoms with Crippen LogP contribution in [0.3, 0.4) is 0 Å².